The molecule has 1 saturated heterocycles. The molecule has 1 amide bonds. The molecule has 5 nitrogen and oxygen atoms in total. The van der Waals surface area contributed by atoms with Crippen molar-refractivity contribution in [1.29, 1.82) is 0 Å². The van der Waals surface area contributed by atoms with Gasteiger partial charge in [0.15, 0.2) is 0 Å². The van der Waals surface area contributed by atoms with Crippen LogP contribution in [-0.4, -0.2) is 54.6 Å². The Morgan fingerprint density at radius 2 is 1.67 bits per heavy atom. The van der Waals surface area contributed by atoms with Gasteiger partial charge in [0.25, 0.3) is 5.91 Å². The SMILES string of the molecule is Cc1cccc(/C=N/NC(=O)CN2CCN(Cc3ccccc3)CC2)c1C(C)(C)C. The third-order valence-corrected chi connectivity index (χ3v) is 5.53. The summed E-state index contributed by atoms with van der Waals surface area (Å²) in [7, 11) is 0. The van der Waals surface area contributed by atoms with Crippen LogP contribution in [0.1, 0.15) is 43.0 Å². The number of piperazine rings is 1. The van der Waals surface area contributed by atoms with Crippen LogP contribution in [0.5, 0.6) is 0 Å². The maximum absolute atomic E-state index is 12.3. The summed E-state index contributed by atoms with van der Waals surface area (Å²) in [5.74, 6) is -0.0623. The van der Waals surface area contributed by atoms with Crippen LogP contribution in [0, 0.1) is 6.92 Å². The largest absolute Gasteiger partial charge is 0.297 e. The molecule has 30 heavy (non-hydrogen) atoms. The smallest absolute Gasteiger partial charge is 0.254 e. The van der Waals surface area contributed by atoms with Crippen molar-refractivity contribution in [3.63, 3.8) is 0 Å². The zero-order valence-corrected chi connectivity index (χ0v) is 18.7. The van der Waals surface area contributed by atoms with Crippen LogP contribution in [0.3, 0.4) is 0 Å². The molecule has 0 radical (unpaired) electrons. The van der Waals surface area contributed by atoms with Gasteiger partial charge in [0.1, 0.15) is 0 Å². The van der Waals surface area contributed by atoms with Crippen LogP contribution < -0.4 is 5.43 Å². The molecule has 3 rings (SSSR count). The number of carbonyl (C=O) groups excluding carboxylic acids is 1. The highest BCUT2D eigenvalue weighted by atomic mass is 16.2. The molecule has 0 unspecified atom stereocenters. The molecule has 0 spiro atoms. The Hall–Kier alpha value is -2.50. The molecule has 1 N–H and O–H groups in total. The van der Waals surface area contributed by atoms with Gasteiger partial charge >= 0.3 is 0 Å². The molecule has 1 aliphatic heterocycles. The van der Waals surface area contributed by atoms with E-state index in [2.05, 4.69) is 84.4 Å². The van der Waals surface area contributed by atoms with E-state index in [0.29, 0.717) is 6.54 Å². The second kappa shape index (κ2) is 10.0. The summed E-state index contributed by atoms with van der Waals surface area (Å²) in [6.07, 6.45) is 1.77. The summed E-state index contributed by atoms with van der Waals surface area (Å²) in [5, 5.41) is 4.23. The number of aryl methyl sites for hydroxylation is 1. The summed E-state index contributed by atoms with van der Waals surface area (Å²) in [6, 6.07) is 16.7. The third kappa shape index (κ3) is 6.25. The minimum absolute atomic E-state index is 0.0239. The molecular formula is C25H34N4O. The van der Waals surface area contributed by atoms with Crippen molar-refractivity contribution in [2.75, 3.05) is 32.7 Å². The zero-order valence-electron chi connectivity index (χ0n) is 18.7. The molecule has 0 bridgehead atoms. The molecule has 0 saturated carbocycles. The van der Waals surface area contributed by atoms with Crippen LogP contribution in [0.15, 0.2) is 53.6 Å². The van der Waals surface area contributed by atoms with Gasteiger partial charge in [0, 0.05) is 32.7 Å². The highest BCUT2D eigenvalue weighted by Gasteiger charge is 2.20. The predicted octanol–water partition coefficient (Wildman–Crippen LogP) is 3.56. The number of nitrogens with one attached hydrogen (secondary N) is 1. The van der Waals surface area contributed by atoms with Gasteiger partial charge in [-0.25, -0.2) is 5.43 Å². The van der Waals surface area contributed by atoms with Gasteiger partial charge in [0.2, 0.25) is 0 Å². The normalized spacial score (nSPS) is 16.1. The number of nitrogens with zero attached hydrogens (tertiary/aromatic N) is 3. The lowest BCUT2D eigenvalue weighted by atomic mass is 9.81. The summed E-state index contributed by atoms with van der Waals surface area (Å²) in [4.78, 5) is 17.0. The monoisotopic (exact) mass is 406 g/mol. The summed E-state index contributed by atoms with van der Waals surface area (Å²) < 4.78 is 0. The van der Waals surface area contributed by atoms with E-state index < -0.39 is 0 Å². The molecule has 0 aromatic heterocycles. The van der Waals surface area contributed by atoms with Crippen LogP contribution in [0.4, 0.5) is 0 Å². The fourth-order valence-corrected chi connectivity index (χ4v) is 4.18. The Bertz CT molecular complexity index is 862. The molecule has 2 aromatic carbocycles. The number of carbonyl (C=O) groups is 1. The van der Waals surface area contributed by atoms with Crippen molar-refractivity contribution in [2.45, 2.75) is 39.7 Å². The Morgan fingerprint density at radius 3 is 2.33 bits per heavy atom. The van der Waals surface area contributed by atoms with Gasteiger partial charge in [-0.05, 0) is 34.6 Å². The first-order chi connectivity index (χ1) is 14.3. The van der Waals surface area contributed by atoms with E-state index in [9.17, 15) is 4.79 Å². The van der Waals surface area contributed by atoms with Gasteiger partial charge in [-0.3, -0.25) is 14.6 Å². The first-order valence-electron chi connectivity index (χ1n) is 10.7. The second-order valence-corrected chi connectivity index (χ2v) is 9.12. The van der Waals surface area contributed by atoms with Gasteiger partial charge in [-0.1, -0.05) is 69.3 Å². The van der Waals surface area contributed by atoms with E-state index in [1.807, 2.05) is 12.1 Å². The van der Waals surface area contributed by atoms with Gasteiger partial charge in [-0.2, -0.15) is 5.10 Å². The minimum Gasteiger partial charge on any atom is -0.297 e. The Morgan fingerprint density at radius 1 is 1.00 bits per heavy atom. The van der Waals surface area contributed by atoms with E-state index in [4.69, 9.17) is 0 Å². The van der Waals surface area contributed by atoms with E-state index in [0.717, 1.165) is 38.3 Å². The van der Waals surface area contributed by atoms with E-state index in [1.165, 1.54) is 16.7 Å². The number of hydrazone groups is 1. The van der Waals surface area contributed by atoms with Gasteiger partial charge < -0.3 is 0 Å². The summed E-state index contributed by atoms with van der Waals surface area (Å²) >= 11 is 0. The molecule has 160 valence electrons. The van der Waals surface area contributed by atoms with Crippen molar-refractivity contribution in [3.8, 4) is 0 Å². The zero-order chi connectivity index (χ0) is 21.6. The lowest BCUT2D eigenvalue weighted by molar-refractivity contribution is -0.122. The average Bonchev–Trinajstić information content (AvgIpc) is 2.69. The first-order valence-corrected chi connectivity index (χ1v) is 10.7. The molecule has 2 aromatic rings. The molecule has 1 fully saturated rings. The quantitative estimate of drug-likeness (QED) is 0.589. The number of amides is 1. The Kier molecular flexibility index (Phi) is 7.40. The molecule has 1 aliphatic rings. The predicted molar refractivity (Wildman–Crippen MR) is 124 cm³/mol. The topological polar surface area (TPSA) is 47.9 Å². The standard InChI is InChI=1S/C25H34N4O/c1-20-9-8-12-22(24(20)25(2,3)4)17-26-27-23(30)19-29-15-13-28(14-16-29)18-21-10-6-5-7-11-21/h5-12,17H,13-16,18-19H2,1-4H3,(H,27,30)/b26-17+. The first kappa shape index (κ1) is 22.2. The molecule has 0 atom stereocenters. The number of benzene rings is 2. The van der Waals surface area contributed by atoms with Crippen molar-refractivity contribution in [2.24, 2.45) is 5.10 Å². The number of hydrogen-bond donors (Lipinski definition) is 1. The third-order valence-electron chi connectivity index (χ3n) is 5.53. The Labute approximate surface area is 180 Å². The lowest BCUT2D eigenvalue weighted by Crippen LogP contribution is -2.48. The highest BCUT2D eigenvalue weighted by molar-refractivity contribution is 5.85. The fourth-order valence-electron chi connectivity index (χ4n) is 4.18. The van der Waals surface area contributed by atoms with Gasteiger partial charge in [-0.15, -0.1) is 0 Å². The van der Waals surface area contributed by atoms with E-state index >= 15 is 0 Å². The fraction of sp³-hybridized carbons (Fsp3) is 0.440. The van der Waals surface area contributed by atoms with Crippen LogP contribution in [0.25, 0.3) is 0 Å². The van der Waals surface area contributed by atoms with Gasteiger partial charge in [0.05, 0.1) is 12.8 Å². The molecule has 5 heteroatoms. The van der Waals surface area contributed by atoms with Crippen molar-refractivity contribution >= 4 is 12.1 Å². The lowest BCUT2D eigenvalue weighted by Gasteiger charge is -2.34. The molecular weight excluding hydrogens is 372 g/mol. The van der Waals surface area contributed by atoms with Crippen LogP contribution >= 0.6 is 0 Å². The molecule has 1 heterocycles. The second-order valence-electron chi connectivity index (χ2n) is 9.12. The summed E-state index contributed by atoms with van der Waals surface area (Å²) in [5.41, 5.74) is 7.62. The van der Waals surface area contributed by atoms with E-state index in [1.54, 1.807) is 6.21 Å². The number of hydrogen-bond acceptors (Lipinski definition) is 4. The average molecular weight is 407 g/mol. The van der Waals surface area contributed by atoms with Crippen LogP contribution in [0.2, 0.25) is 0 Å². The highest BCUT2D eigenvalue weighted by Crippen LogP contribution is 2.28. The van der Waals surface area contributed by atoms with E-state index in [-0.39, 0.29) is 11.3 Å². The Balaban J connectivity index is 1.46. The maximum Gasteiger partial charge on any atom is 0.254 e. The van der Waals surface area contributed by atoms with Crippen molar-refractivity contribution in [1.82, 2.24) is 15.2 Å². The molecule has 0 aliphatic carbocycles. The van der Waals surface area contributed by atoms with Crippen molar-refractivity contribution in [3.05, 3.63) is 70.8 Å². The van der Waals surface area contributed by atoms with Crippen molar-refractivity contribution < 1.29 is 4.79 Å². The minimum atomic E-state index is -0.0623. The maximum atomic E-state index is 12.3. The summed E-state index contributed by atoms with van der Waals surface area (Å²) in [6.45, 7) is 13.8. The number of rotatable bonds is 6. The van der Waals surface area contributed by atoms with Crippen LogP contribution in [-0.2, 0) is 16.8 Å².